The number of alkyl halides is 1. The lowest BCUT2D eigenvalue weighted by molar-refractivity contribution is 0.206. The van der Waals surface area contributed by atoms with Gasteiger partial charge >= 0.3 is 0 Å². The third kappa shape index (κ3) is 1.83. The predicted octanol–water partition coefficient (Wildman–Crippen LogP) is 2.07. The predicted molar refractivity (Wildman–Crippen MR) is 42.8 cm³/mol. The van der Waals surface area contributed by atoms with Gasteiger partial charge in [0.05, 0.1) is 10.8 Å². The van der Waals surface area contributed by atoms with Crippen LogP contribution in [0.2, 0.25) is 4.47 Å². The van der Waals surface area contributed by atoms with Crippen molar-refractivity contribution in [2.24, 2.45) is 0 Å². The minimum atomic E-state index is -0.633. The molecular formula is C5H5Cl2NOS. The van der Waals surface area contributed by atoms with Gasteiger partial charge in [-0.2, -0.15) is 0 Å². The second kappa shape index (κ2) is 3.53. The molecule has 5 heteroatoms. The molecular weight excluding hydrogens is 193 g/mol. The molecule has 0 spiro atoms. The molecule has 0 saturated carbocycles. The molecule has 0 aliphatic heterocycles. The Hall–Kier alpha value is 0.170. The van der Waals surface area contributed by atoms with E-state index in [1.807, 2.05) is 0 Å². The molecule has 0 bridgehead atoms. The molecule has 0 radical (unpaired) electrons. The molecule has 0 saturated heterocycles. The third-order valence-electron chi connectivity index (χ3n) is 0.970. The molecule has 0 aromatic carbocycles. The van der Waals surface area contributed by atoms with E-state index in [2.05, 4.69) is 4.98 Å². The van der Waals surface area contributed by atoms with Gasteiger partial charge in [0.1, 0.15) is 6.10 Å². The molecule has 1 rings (SSSR count). The molecule has 1 atom stereocenters. The van der Waals surface area contributed by atoms with Crippen LogP contribution in [-0.4, -0.2) is 16.0 Å². The van der Waals surface area contributed by atoms with Crippen molar-refractivity contribution in [3.05, 3.63) is 15.5 Å². The number of thiazole rings is 1. The first-order valence-corrected chi connectivity index (χ1v) is 4.32. The van der Waals surface area contributed by atoms with E-state index >= 15 is 0 Å². The Kier molecular flexibility index (Phi) is 2.92. The van der Waals surface area contributed by atoms with E-state index in [0.717, 1.165) is 0 Å². The average Bonchev–Trinajstić information content (AvgIpc) is 2.34. The van der Waals surface area contributed by atoms with Crippen molar-refractivity contribution in [2.75, 3.05) is 5.88 Å². The summed E-state index contributed by atoms with van der Waals surface area (Å²) < 4.78 is 0.430. The van der Waals surface area contributed by atoms with Crippen molar-refractivity contribution >= 4 is 34.5 Å². The van der Waals surface area contributed by atoms with Crippen LogP contribution in [0.5, 0.6) is 0 Å². The fourth-order valence-electron chi connectivity index (χ4n) is 0.494. The molecule has 0 aliphatic rings. The summed E-state index contributed by atoms with van der Waals surface area (Å²) in [4.78, 5) is 4.46. The van der Waals surface area contributed by atoms with Crippen molar-refractivity contribution < 1.29 is 5.11 Å². The molecule has 1 aromatic rings. The summed E-state index contributed by atoms with van der Waals surface area (Å²) >= 11 is 12.1. The molecule has 0 amide bonds. The van der Waals surface area contributed by atoms with Gasteiger partial charge in [-0.1, -0.05) is 11.6 Å². The number of halogens is 2. The van der Waals surface area contributed by atoms with Gasteiger partial charge in [0.2, 0.25) is 0 Å². The highest BCUT2D eigenvalue weighted by molar-refractivity contribution is 7.15. The summed E-state index contributed by atoms with van der Waals surface area (Å²) in [5, 5.41) is 9.12. The zero-order valence-corrected chi connectivity index (χ0v) is 7.25. The third-order valence-corrected chi connectivity index (χ3v) is 2.48. The van der Waals surface area contributed by atoms with Crippen LogP contribution in [0.3, 0.4) is 0 Å². The van der Waals surface area contributed by atoms with Gasteiger partial charge in [0, 0.05) is 6.20 Å². The minimum absolute atomic E-state index is 0.179. The number of nitrogens with zero attached hydrogens (tertiary/aromatic N) is 1. The number of rotatable bonds is 2. The molecule has 0 aliphatic carbocycles. The maximum Gasteiger partial charge on any atom is 0.183 e. The van der Waals surface area contributed by atoms with Gasteiger partial charge < -0.3 is 5.11 Å². The van der Waals surface area contributed by atoms with Crippen LogP contribution >= 0.6 is 34.5 Å². The highest BCUT2D eigenvalue weighted by Gasteiger charge is 2.08. The second-order valence-corrected chi connectivity index (χ2v) is 3.64. The van der Waals surface area contributed by atoms with E-state index in [0.29, 0.717) is 9.34 Å². The van der Waals surface area contributed by atoms with Gasteiger partial charge in [-0.05, 0) is 0 Å². The van der Waals surface area contributed by atoms with E-state index < -0.39 is 6.10 Å². The number of aromatic nitrogens is 1. The van der Waals surface area contributed by atoms with Gasteiger partial charge in [0.25, 0.3) is 0 Å². The first kappa shape index (κ1) is 8.27. The largest absolute Gasteiger partial charge is 0.386 e. The molecule has 1 aromatic heterocycles. The summed E-state index contributed by atoms with van der Waals surface area (Å²) in [6.45, 7) is 0. The van der Waals surface area contributed by atoms with Crippen LogP contribution in [0.4, 0.5) is 0 Å². The van der Waals surface area contributed by atoms with E-state index in [1.165, 1.54) is 17.5 Å². The Bertz CT molecular complexity index is 215. The van der Waals surface area contributed by atoms with Crippen LogP contribution in [0, 0.1) is 0 Å². The zero-order chi connectivity index (χ0) is 7.56. The first-order chi connectivity index (χ1) is 4.74. The minimum Gasteiger partial charge on any atom is -0.386 e. The number of hydrogen-bond donors (Lipinski definition) is 1. The standard InChI is InChI=1S/C5H5Cl2NOS/c6-1-3(9)4-2-8-5(7)10-4/h2-3,9H,1H2. The van der Waals surface area contributed by atoms with Crippen LogP contribution in [-0.2, 0) is 0 Å². The van der Waals surface area contributed by atoms with Crippen molar-refractivity contribution in [1.29, 1.82) is 0 Å². The summed E-state index contributed by atoms with van der Waals surface area (Å²) in [5.41, 5.74) is 0. The lowest BCUT2D eigenvalue weighted by Gasteiger charge is -1.99. The lowest BCUT2D eigenvalue weighted by Crippen LogP contribution is -1.94. The van der Waals surface area contributed by atoms with Crippen LogP contribution in [0.25, 0.3) is 0 Å². The molecule has 1 unspecified atom stereocenters. The zero-order valence-electron chi connectivity index (χ0n) is 4.92. The van der Waals surface area contributed by atoms with E-state index in [-0.39, 0.29) is 5.88 Å². The van der Waals surface area contributed by atoms with Crippen molar-refractivity contribution in [3.8, 4) is 0 Å². The fraction of sp³-hybridized carbons (Fsp3) is 0.400. The monoisotopic (exact) mass is 197 g/mol. The maximum absolute atomic E-state index is 9.12. The van der Waals surface area contributed by atoms with E-state index in [1.54, 1.807) is 0 Å². The van der Waals surface area contributed by atoms with E-state index in [4.69, 9.17) is 28.3 Å². The first-order valence-electron chi connectivity index (χ1n) is 2.59. The van der Waals surface area contributed by atoms with Crippen LogP contribution in [0.1, 0.15) is 11.0 Å². The Labute approximate surface area is 72.4 Å². The summed E-state index contributed by atoms with van der Waals surface area (Å²) in [6, 6.07) is 0. The molecule has 1 N–H and O–H groups in total. The van der Waals surface area contributed by atoms with Gasteiger partial charge in [-0.25, -0.2) is 4.98 Å². The Morgan fingerprint density at radius 2 is 2.50 bits per heavy atom. The molecule has 56 valence electrons. The molecule has 10 heavy (non-hydrogen) atoms. The lowest BCUT2D eigenvalue weighted by atomic mass is 10.4. The Morgan fingerprint density at radius 1 is 1.80 bits per heavy atom. The highest BCUT2D eigenvalue weighted by Crippen LogP contribution is 2.24. The quantitative estimate of drug-likeness (QED) is 0.738. The van der Waals surface area contributed by atoms with Gasteiger partial charge in [-0.3, -0.25) is 0 Å². The number of aliphatic hydroxyl groups is 1. The van der Waals surface area contributed by atoms with E-state index in [9.17, 15) is 0 Å². The van der Waals surface area contributed by atoms with Gasteiger partial charge in [-0.15, -0.1) is 22.9 Å². The smallest absolute Gasteiger partial charge is 0.183 e. The SMILES string of the molecule is OC(CCl)c1cnc(Cl)s1. The topological polar surface area (TPSA) is 33.1 Å². The van der Waals surface area contributed by atoms with Crippen molar-refractivity contribution in [1.82, 2.24) is 4.98 Å². The molecule has 2 nitrogen and oxygen atoms in total. The Morgan fingerprint density at radius 3 is 2.90 bits per heavy atom. The molecule has 1 heterocycles. The maximum atomic E-state index is 9.12. The van der Waals surface area contributed by atoms with Crippen LogP contribution < -0.4 is 0 Å². The number of hydrogen-bond acceptors (Lipinski definition) is 3. The summed E-state index contributed by atoms with van der Waals surface area (Å²) in [7, 11) is 0. The van der Waals surface area contributed by atoms with Gasteiger partial charge in [0.15, 0.2) is 4.47 Å². The van der Waals surface area contributed by atoms with Crippen molar-refractivity contribution in [3.63, 3.8) is 0 Å². The fourth-order valence-corrected chi connectivity index (χ4v) is 1.69. The highest BCUT2D eigenvalue weighted by atomic mass is 35.5. The number of aliphatic hydroxyl groups excluding tert-OH is 1. The average molecular weight is 198 g/mol. The second-order valence-electron chi connectivity index (χ2n) is 1.69. The van der Waals surface area contributed by atoms with Crippen LogP contribution in [0.15, 0.2) is 6.20 Å². The summed E-state index contributed by atoms with van der Waals surface area (Å²) in [5.74, 6) is 0.179. The Balaban J connectivity index is 2.74. The molecule has 0 fully saturated rings. The normalized spacial score (nSPS) is 13.5. The van der Waals surface area contributed by atoms with Crippen molar-refractivity contribution in [2.45, 2.75) is 6.10 Å². The summed E-state index contributed by atoms with van der Waals surface area (Å²) in [6.07, 6.45) is 0.895.